The normalized spacial score (nSPS) is 10.8. The highest BCUT2D eigenvalue weighted by molar-refractivity contribution is 5.83. The van der Waals surface area contributed by atoms with Crippen LogP contribution in [0.4, 0.5) is 5.69 Å². The number of rotatable bonds is 5. The molecule has 1 heterocycles. The van der Waals surface area contributed by atoms with Gasteiger partial charge in [-0.1, -0.05) is 0 Å². The average Bonchev–Trinajstić information content (AvgIpc) is 2.91. The van der Waals surface area contributed by atoms with Crippen LogP contribution in [0.25, 0.3) is 22.4 Å². The maximum atomic E-state index is 5.81. The van der Waals surface area contributed by atoms with Crippen molar-refractivity contribution < 1.29 is 9.47 Å². The van der Waals surface area contributed by atoms with Crippen LogP contribution in [0.5, 0.6) is 11.5 Å². The molecular weight excluding hydrogens is 278 g/mol. The molecule has 0 amide bonds. The van der Waals surface area contributed by atoms with Gasteiger partial charge >= 0.3 is 0 Å². The first-order chi connectivity index (χ1) is 10.7. The number of H-pyrrole nitrogens is 1. The summed E-state index contributed by atoms with van der Waals surface area (Å²) in [6, 6.07) is 11.4. The smallest absolute Gasteiger partial charge is 0.142 e. The van der Waals surface area contributed by atoms with Gasteiger partial charge in [0, 0.05) is 11.8 Å². The number of aromatic amines is 1. The van der Waals surface area contributed by atoms with E-state index >= 15 is 0 Å². The minimum Gasteiger partial charge on any atom is -0.494 e. The van der Waals surface area contributed by atoms with Gasteiger partial charge in [-0.2, -0.15) is 0 Å². The average molecular weight is 297 g/mol. The van der Waals surface area contributed by atoms with Crippen LogP contribution in [0.2, 0.25) is 0 Å². The van der Waals surface area contributed by atoms with E-state index in [4.69, 9.17) is 15.2 Å². The minimum absolute atomic E-state index is 0.579. The molecule has 0 radical (unpaired) electrons. The second-order valence-electron chi connectivity index (χ2n) is 4.89. The van der Waals surface area contributed by atoms with E-state index < -0.39 is 0 Å². The van der Waals surface area contributed by atoms with Crippen molar-refractivity contribution in [2.24, 2.45) is 0 Å². The summed E-state index contributed by atoms with van der Waals surface area (Å²) in [7, 11) is 0. The summed E-state index contributed by atoms with van der Waals surface area (Å²) < 4.78 is 11.3. The van der Waals surface area contributed by atoms with Crippen LogP contribution in [0.3, 0.4) is 0 Å². The molecule has 1 aromatic heterocycles. The number of imidazole rings is 1. The molecule has 2 aromatic carbocycles. The van der Waals surface area contributed by atoms with Crippen LogP contribution in [0.1, 0.15) is 13.8 Å². The van der Waals surface area contributed by atoms with E-state index in [1.165, 1.54) is 0 Å². The first kappa shape index (κ1) is 14.3. The maximum Gasteiger partial charge on any atom is 0.142 e. The van der Waals surface area contributed by atoms with E-state index in [0.717, 1.165) is 33.9 Å². The lowest BCUT2D eigenvalue weighted by Gasteiger charge is -2.11. The molecule has 22 heavy (non-hydrogen) atoms. The highest BCUT2D eigenvalue weighted by atomic mass is 16.5. The van der Waals surface area contributed by atoms with Gasteiger partial charge in [0.1, 0.15) is 17.3 Å². The summed E-state index contributed by atoms with van der Waals surface area (Å²) in [6.07, 6.45) is 0. The molecule has 0 aliphatic rings. The third-order valence-corrected chi connectivity index (χ3v) is 3.32. The lowest BCUT2D eigenvalue weighted by atomic mass is 10.2. The molecular formula is C17H19N3O2. The third kappa shape index (κ3) is 2.70. The Bertz CT molecular complexity index is 796. The Labute approximate surface area is 129 Å². The number of hydrogen-bond donors (Lipinski definition) is 2. The number of nitrogens with two attached hydrogens (primary N) is 1. The molecule has 3 aromatic rings. The van der Waals surface area contributed by atoms with Gasteiger partial charge in [0.15, 0.2) is 0 Å². The molecule has 0 saturated carbocycles. The van der Waals surface area contributed by atoms with Gasteiger partial charge in [-0.25, -0.2) is 4.98 Å². The predicted octanol–water partition coefficient (Wildman–Crippen LogP) is 3.61. The summed E-state index contributed by atoms with van der Waals surface area (Å²) in [5.41, 5.74) is 9.21. The quantitative estimate of drug-likeness (QED) is 0.706. The Kier molecular flexibility index (Phi) is 3.87. The van der Waals surface area contributed by atoms with Crippen molar-refractivity contribution in [2.75, 3.05) is 18.9 Å². The number of nitrogen functional groups attached to an aromatic ring is 1. The van der Waals surface area contributed by atoms with E-state index in [1.807, 2.05) is 50.2 Å². The molecule has 3 N–H and O–H groups in total. The Morgan fingerprint density at radius 1 is 1.05 bits per heavy atom. The molecule has 0 fully saturated rings. The first-order valence-electron chi connectivity index (χ1n) is 7.36. The van der Waals surface area contributed by atoms with Gasteiger partial charge in [0.05, 0.1) is 29.8 Å². The molecule has 0 aliphatic heterocycles. The van der Waals surface area contributed by atoms with Crippen molar-refractivity contribution in [2.45, 2.75) is 13.8 Å². The zero-order chi connectivity index (χ0) is 15.5. The number of nitrogens with zero attached hydrogens (tertiary/aromatic N) is 1. The molecule has 114 valence electrons. The fraction of sp³-hybridized carbons (Fsp3) is 0.235. The Morgan fingerprint density at radius 2 is 1.86 bits per heavy atom. The summed E-state index contributed by atoms with van der Waals surface area (Å²) >= 11 is 0. The molecule has 5 nitrogen and oxygen atoms in total. The number of nitrogens with one attached hydrogen (secondary N) is 1. The second-order valence-corrected chi connectivity index (χ2v) is 4.89. The van der Waals surface area contributed by atoms with Crippen LogP contribution in [-0.4, -0.2) is 23.2 Å². The zero-order valence-corrected chi connectivity index (χ0v) is 12.7. The monoisotopic (exact) mass is 297 g/mol. The number of aromatic nitrogens is 2. The summed E-state index contributed by atoms with van der Waals surface area (Å²) in [5, 5.41) is 0. The van der Waals surface area contributed by atoms with E-state index in [2.05, 4.69) is 9.97 Å². The Morgan fingerprint density at radius 3 is 2.64 bits per heavy atom. The SMILES string of the molecule is CCOc1ccc(-c2nc3ccc(N)cc3[nH]2)c(OCC)c1. The number of hydrogen-bond acceptors (Lipinski definition) is 4. The number of benzene rings is 2. The standard InChI is InChI=1S/C17H19N3O2/c1-3-21-12-6-7-13(16(10-12)22-4-2)17-19-14-8-5-11(18)9-15(14)20-17/h5-10H,3-4,18H2,1-2H3,(H,19,20). The number of anilines is 1. The lowest BCUT2D eigenvalue weighted by Crippen LogP contribution is -1.97. The summed E-state index contributed by atoms with van der Waals surface area (Å²) in [5.74, 6) is 2.29. The molecule has 5 heteroatoms. The van der Waals surface area contributed by atoms with Gasteiger partial charge in [-0.05, 0) is 44.2 Å². The largest absolute Gasteiger partial charge is 0.494 e. The van der Waals surface area contributed by atoms with Crippen molar-refractivity contribution in [3.8, 4) is 22.9 Å². The Hall–Kier alpha value is -2.69. The first-order valence-corrected chi connectivity index (χ1v) is 7.36. The highest BCUT2D eigenvalue weighted by Gasteiger charge is 2.12. The van der Waals surface area contributed by atoms with Crippen LogP contribution in [0.15, 0.2) is 36.4 Å². The molecule has 0 spiro atoms. The van der Waals surface area contributed by atoms with Crippen LogP contribution in [0, 0.1) is 0 Å². The molecule has 0 aliphatic carbocycles. The van der Waals surface area contributed by atoms with Gasteiger partial charge in [-0.15, -0.1) is 0 Å². The van der Waals surface area contributed by atoms with Crippen LogP contribution in [-0.2, 0) is 0 Å². The Balaban J connectivity index is 2.07. The van der Waals surface area contributed by atoms with Crippen molar-refractivity contribution in [3.63, 3.8) is 0 Å². The molecule has 3 rings (SSSR count). The van der Waals surface area contributed by atoms with Crippen molar-refractivity contribution in [1.29, 1.82) is 0 Å². The van der Waals surface area contributed by atoms with Crippen LogP contribution < -0.4 is 15.2 Å². The number of fused-ring (bicyclic) bond motifs is 1. The fourth-order valence-corrected chi connectivity index (χ4v) is 2.38. The molecule has 0 bridgehead atoms. The number of ether oxygens (including phenoxy) is 2. The van der Waals surface area contributed by atoms with E-state index in [1.54, 1.807) is 0 Å². The van der Waals surface area contributed by atoms with Crippen molar-refractivity contribution in [3.05, 3.63) is 36.4 Å². The molecule has 0 atom stereocenters. The maximum absolute atomic E-state index is 5.81. The van der Waals surface area contributed by atoms with Gasteiger partial charge in [-0.3, -0.25) is 0 Å². The van der Waals surface area contributed by atoms with Gasteiger partial charge < -0.3 is 20.2 Å². The van der Waals surface area contributed by atoms with Gasteiger partial charge in [0.25, 0.3) is 0 Å². The van der Waals surface area contributed by atoms with Crippen LogP contribution >= 0.6 is 0 Å². The summed E-state index contributed by atoms with van der Waals surface area (Å²) in [6.45, 7) is 5.11. The fourth-order valence-electron chi connectivity index (χ4n) is 2.38. The molecule has 0 saturated heterocycles. The van der Waals surface area contributed by atoms with E-state index in [9.17, 15) is 0 Å². The van der Waals surface area contributed by atoms with Gasteiger partial charge in [0.2, 0.25) is 0 Å². The summed E-state index contributed by atoms with van der Waals surface area (Å²) in [4.78, 5) is 7.90. The zero-order valence-electron chi connectivity index (χ0n) is 12.7. The topological polar surface area (TPSA) is 73.2 Å². The lowest BCUT2D eigenvalue weighted by molar-refractivity contribution is 0.324. The predicted molar refractivity (Wildman–Crippen MR) is 88.3 cm³/mol. The van der Waals surface area contributed by atoms with E-state index in [0.29, 0.717) is 18.9 Å². The minimum atomic E-state index is 0.579. The molecule has 0 unspecified atom stereocenters. The van der Waals surface area contributed by atoms with Crippen molar-refractivity contribution >= 4 is 16.7 Å². The second kappa shape index (κ2) is 5.97. The highest BCUT2D eigenvalue weighted by Crippen LogP contribution is 2.33. The van der Waals surface area contributed by atoms with E-state index in [-0.39, 0.29) is 0 Å². The van der Waals surface area contributed by atoms with Crippen molar-refractivity contribution in [1.82, 2.24) is 9.97 Å². The third-order valence-electron chi connectivity index (χ3n) is 3.32.